The minimum Gasteiger partial charge on any atom is -0.507 e. The molecule has 0 aromatic heterocycles. The van der Waals surface area contributed by atoms with Crippen molar-refractivity contribution < 1.29 is 14.6 Å². The summed E-state index contributed by atoms with van der Waals surface area (Å²) < 4.78 is 6.40. The Morgan fingerprint density at radius 3 is 2.89 bits per heavy atom. The van der Waals surface area contributed by atoms with Gasteiger partial charge in [0.25, 0.3) is 5.91 Å². The minimum absolute atomic E-state index is 0.0267. The van der Waals surface area contributed by atoms with Crippen LogP contribution in [0.15, 0.2) is 18.2 Å². The average molecular weight is 361 g/mol. The normalized spacial score (nSPS) is 23.1. The zero-order valence-corrected chi connectivity index (χ0v) is 12.5. The second-order valence-corrected chi connectivity index (χ2v) is 5.76. The summed E-state index contributed by atoms with van der Waals surface area (Å²) >= 11 is 2.12. The molecule has 0 radical (unpaired) electrons. The lowest BCUT2D eigenvalue weighted by Gasteiger charge is -2.27. The number of ether oxygens (including phenoxy) is 1. The Morgan fingerprint density at radius 2 is 2.28 bits per heavy atom. The highest BCUT2D eigenvalue weighted by molar-refractivity contribution is 14.1. The van der Waals surface area contributed by atoms with Crippen LogP contribution in [0.2, 0.25) is 0 Å². The maximum absolute atomic E-state index is 12.4. The van der Waals surface area contributed by atoms with E-state index in [9.17, 15) is 9.90 Å². The van der Waals surface area contributed by atoms with E-state index in [1.54, 1.807) is 30.1 Å². The van der Waals surface area contributed by atoms with Gasteiger partial charge in [-0.1, -0.05) is 0 Å². The summed E-state index contributed by atoms with van der Waals surface area (Å²) in [5, 5.41) is 9.78. The van der Waals surface area contributed by atoms with Crippen molar-refractivity contribution in [2.75, 3.05) is 13.7 Å². The number of hydrogen-bond acceptors (Lipinski definition) is 3. The molecule has 1 saturated heterocycles. The van der Waals surface area contributed by atoms with Gasteiger partial charge in [-0.25, -0.2) is 0 Å². The molecular weight excluding hydrogens is 345 g/mol. The van der Waals surface area contributed by atoms with E-state index in [-0.39, 0.29) is 23.8 Å². The first-order valence-electron chi connectivity index (χ1n) is 5.88. The standard InChI is InChI=1S/C13H16INO3/c1-8-11(5-6-18-8)15(2)13(17)10-7-9(14)3-4-12(10)16/h3-4,7-8,11,16H,5-6H2,1-2H3. The van der Waals surface area contributed by atoms with Crippen LogP contribution in [0.3, 0.4) is 0 Å². The van der Waals surface area contributed by atoms with Gasteiger partial charge in [0.15, 0.2) is 0 Å². The second-order valence-electron chi connectivity index (χ2n) is 4.51. The lowest BCUT2D eigenvalue weighted by Crippen LogP contribution is -2.41. The van der Waals surface area contributed by atoms with Crippen molar-refractivity contribution in [2.45, 2.75) is 25.5 Å². The van der Waals surface area contributed by atoms with Crippen molar-refractivity contribution in [1.29, 1.82) is 0 Å². The summed E-state index contributed by atoms with van der Waals surface area (Å²) in [6.07, 6.45) is 0.887. The predicted molar refractivity (Wildman–Crippen MR) is 76.7 cm³/mol. The number of carbonyl (C=O) groups is 1. The summed E-state index contributed by atoms with van der Waals surface area (Å²) in [5.41, 5.74) is 0.350. The molecule has 2 atom stereocenters. The van der Waals surface area contributed by atoms with Crippen LogP contribution < -0.4 is 0 Å². The minimum atomic E-state index is -0.159. The first-order valence-corrected chi connectivity index (χ1v) is 6.96. The fraction of sp³-hybridized carbons (Fsp3) is 0.462. The van der Waals surface area contributed by atoms with Crippen LogP contribution in [0.1, 0.15) is 23.7 Å². The third-order valence-electron chi connectivity index (χ3n) is 3.34. The molecule has 1 aromatic carbocycles. The fourth-order valence-corrected chi connectivity index (χ4v) is 2.74. The quantitative estimate of drug-likeness (QED) is 0.823. The summed E-state index contributed by atoms with van der Waals surface area (Å²) in [7, 11) is 1.76. The van der Waals surface area contributed by atoms with Gasteiger partial charge in [0.2, 0.25) is 0 Å². The van der Waals surface area contributed by atoms with Gasteiger partial charge < -0.3 is 14.7 Å². The first-order chi connectivity index (χ1) is 8.50. The molecule has 1 heterocycles. The molecule has 0 bridgehead atoms. The molecule has 0 saturated carbocycles. The zero-order chi connectivity index (χ0) is 13.3. The van der Waals surface area contributed by atoms with Crippen LogP contribution in [-0.4, -0.2) is 41.7 Å². The zero-order valence-electron chi connectivity index (χ0n) is 10.4. The molecule has 2 unspecified atom stereocenters. The number of rotatable bonds is 2. The number of likely N-dealkylation sites (N-methyl/N-ethyl adjacent to an activating group) is 1. The molecule has 1 aliphatic rings. The largest absolute Gasteiger partial charge is 0.507 e. The van der Waals surface area contributed by atoms with Crippen LogP contribution in [0, 0.1) is 3.57 Å². The predicted octanol–water partition coefficient (Wildman–Crippen LogP) is 2.25. The van der Waals surface area contributed by atoms with Crippen molar-refractivity contribution in [3.8, 4) is 5.75 Å². The Bertz CT molecular complexity index is 464. The molecule has 4 nitrogen and oxygen atoms in total. The lowest BCUT2D eigenvalue weighted by molar-refractivity contribution is 0.0572. The van der Waals surface area contributed by atoms with E-state index >= 15 is 0 Å². The van der Waals surface area contributed by atoms with Gasteiger partial charge >= 0.3 is 0 Å². The van der Waals surface area contributed by atoms with E-state index in [0.29, 0.717) is 12.2 Å². The Kier molecular flexibility index (Phi) is 4.11. The number of hydrogen-bond donors (Lipinski definition) is 1. The highest BCUT2D eigenvalue weighted by atomic mass is 127. The van der Waals surface area contributed by atoms with Gasteiger partial charge in [-0.3, -0.25) is 4.79 Å². The maximum Gasteiger partial charge on any atom is 0.257 e. The second kappa shape index (κ2) is 5.44. The number of benzene rings is 1. The van der Waals surface area contributed by atoms with Gasteiger partial charge in [-0.15, -0.1) is 0 Å². The number of nitrogens with zero attached hydrogens (tertiary/aromatic N) is 1. The fourth-order valence-electron chi connectivity index (χ4n) is 2.25. The molecule has 18 heavy (non-hydrogen) atoms. The van der Waals surface area contributed by atoms with Crippen molar-refractivity contribution >= 4 is 28.5 Å². The van der Waals surface area contributed by atoms with Crippen LogP contribution in [-0.2, 0) is 4.74 Å². The molecule has 0 spiro atoms. The molecule has 98 valence electrons. The van der Waals surface area contributed by atoms with E-state index in [2.05, 4.69) is 22.6 Å². The van der Waals surface area contributed by atoms with E-state index in [0.717, 1.165) is 9.99 Å². The molecule has 1 fully saturated rings. The van der Waals surface area contributed by atoms with E-state index < -0.39 is 0 Å². The Morgan fingerprint density at radius 1 is 1.56 bits per heavy atom. The molecule has 5 heteroatoms. The molecule has 1 aromatic rings. The van der Waals surface area contributed by atoms with Crippen LogP contribution in [0.4, 0.5) is 0 Å². The molecule has 1 aliphatic heterocycles. The van der Waals surface area contributed by atoms with Crippen molar-refractivity contribution in [1.82, 2.24) is 4.90 Å². The van der Waals surface area contributed by atoms with E-state index in [1.165, 1.54) is 0 Å². The highest BCUT2D eigenvalue weighted by Gasteiger charge is 2.31. The number of halogens is 1. The summed E-state index contributed by atoms with van der Waals surface area (Å²) in [4.78, 5) is 14.0. The molecule has 1 amide bonds. The van der Waals surface area contributed by atoms with E-state index in [1.807, 2.05) is 6.92 Å². The number of aromatic hydroxyl groups is 1. The van der Waals surface area contributed by atoms with Crippen LogP contribution in [0.5, 0.6) is 5.75 Å². The van der Waals surface area contributed by atoms with Gasteiger partial charge in [0.1, 0.15) is 5.75 Å². The molecule has 2 rings (SSSR count). The smallest absolute Gasteiger partial charge is 0.257 e. The molecule has 0 aliphatic carbocycles. The number of amides is 1. The topological polar surface area (TPSA) is 49.8 Å². The van der Waals surface area contributed by atoms with Gasteiger partial charge in [-0.05, 0) is 54.1 Å². The number of carbonyl (C=O) groups excluding carboxylic acids is 1. The van der Waals surface area contributed by atoms with Crippen molar-refractivity contribution in [2.24, 2.45) is 0 Å². The van der Waals surface area contributed by atoms with Crippen molar-refractivity contribution in [3.63, 3.8) is 0 Å². The summed E-state index contributed by atoms with van der Waals surface area (Å²) in [6.45, 7) is 2.65. The number of phenolic OH excluding ortho intramolecular Hbond substituents is 1. The maximum atomic E-state index is 12.4. The van der Waals surface area contributed by atoms with Crippen LogP contribution >= 0.6 is 22.6 Å². The lowest BCUT2D eigenvalue weighted by atomic mass is 10.1. The Balaban J connectivity index is 2.22. The summed E-state index contributed by atoms with van der Waals surface area (Å²) in [6, 6.07) is 5.11. The SMILES string of the molecule is CC1OCCC1N(C)C(=O)c1cc(I)ccc1O. The summed E-state index contributed by atoms with van der Waals surface area (Å²) in [5.74, 6) is -0.132. The first kappa shape index (κ1) is 13.6. The van der Waals surface area contributed by atoms with Crippen molar-refractivity contribution in [3.05, 3.63) is 27.3 Å². The monoisotopic (exact) mass is 361 g/mol. The third kappa shape index (κ3) is 2.61. The van der Waals surface area contributed by atoms with Gasteiger partial charge in [0, 0.05) is 17.2 Å². The third-order valence-corrected chi connectivity index (χ3v) is 4.01. The van der Waals surface area contributed by atoms with Crippen LogP contribution in [0.25, 0.3) is 0 Å². The highest BCUT2D eigenvalue weighted by Crippen LogP contribution is 2.25. The van der Waals surface area contributed by atoms with Gasteiger partial charge in [0.05, 0.1) is 17.7 Å². The Hall–Kier alpha value is -0.820. The number of phenols is 1. The Labute approximate surface area is 120 Å². The van der Waals surface area contributed by atoms with E-state index in [4.69, 9.17) is 4.74 Å². The molecule has 1 N–H and O–H groups in total. The molecular formula is C13H16INO3. The van der Waals surface area contributed by atoms with Gasteiger partial charge in [-0.2, -0.15) is 0 Å². The average Bonchev–Trinajstić information content (AvgIpc) is 2.77.